The highest BCUT2D eigenvalue weighted by Gasteiger charge is 2.20. The molecule has 1 heterocycles. The van der Waals surface area contributed by atoms with E-state index in [9.17, 15) is 17.6 Å². The van der Waals surface area contributed by atoms with Crippen LogP contribution in [0.3, 0.4) is 0 Å². The molecule has 0 spiro atoms. The summed E-state index contributed by atoms with van der Waals surface area (Å²) in [6.07, 6.45) is 2.47. The average Bonchev–Trinajstić information content (AvgIpc) is 2.97. The lowest BCUT2D eigenvalue weighted by molar-refractivity contribution is 0.0827. The Morgan fingerprint density at radius 3 is 2.47 bits per heavy atom. The van der Waals surface area contributed by atoms with Crippen LogP contribution in [0.1, 0.15) is 16.1 Å². The third-order valence-electron chi connectivity index (χ3n) is 5.18. The second-order valence-electron chi connectivity index (χ2n) is 7.66. The molecular weight excluding hydrogens is 453 g/mol. The Labute approximate surface area is 193 Å². The minimum atomic E-state index is -3.40. The maximum atomic E-state index is 14.4. The van der Waals surface area contributed by atoms with E-state index < -0.39 is 9.84 Å². The minimum absolute atomic E-state index is 0. The number of carbonyl (C=O) groups excluding carboxylic acids is 1. The average molecular weight is 480 g/mol. The number of allylic oxidation sites excluding steroid dienone is 1. The number of hydrogen-bond donors (Lipinski definition) is 1. The fourth-order valence-corrected chi connectivity index (χ4v) is 4.33. The summed E-state index contributed by atoms with van der Waals surface area (Å²) in [4.78, 5) is 14.2. The zero-order chi connectivity index (χ0) is 22.9. The van der Waals surface area contributed by atoms with Crippen LogP contribution in [0.2, 0.25) is 0 Å². The fraction of sp³-hybridized carbons (Fsp3) is 0.261. The topological polar surface area (TPSA) is 85.4 Å². The van der Waals surface area contributed by atoms with Crippen molar-refractivity contribution >= 4 is 39.1 Å². The Bertz CT molecular complexity index is 1300. The van der Waals surface area contributed by atoms with Crippen LogP contribution >= 0.6 is 12.4 Å². The van der Waals surface area contributed by atoms with Gasteiger partial charge in [0.15, 0.2) is 9.84 Å². The van der Waals surface area contributed by atoms with Crippen LogP contribution in [0, 0.1) is 6.92 Å². The molecule has 2 N–H and O–H groups in total. The van der Waals surface area contributed by atoms with Crippen molar-refractivity contribution in [2.45, 2.75) is 18.4 Å². The quantitative estimate of drug-likeness (QED) is 0.580. The summed E-state index contributed by atoms with van der Waals surface area (Å²) < 4.78 is 40.3. The van der Waals surface area contributed by atoms with E-state index in [0.717, 1.165) is 28.4 Å². The second-order valence-corrected chi connectivity index (χ2v) is 9.68. The van der Waals surface area contributed by atoms with Gasteiger partial charge in [-0.05, 0) is 48.9 Å². The number of sulfone groups is 1. The predicted octanol–water partition coefficient (Wildman–Crippen LogP) is 3.96. The predicted molar refractivity (Wildman–Crippen MR) is 129 cm³/mol. The highest BCUT2D eigenvalue weighted by atomic mass is 35.5. The number of amides is 1. The van der Waals surface area contributed by atoms with Gasteiger partial charge in [-0.3, -0.25) is 4.79 Å². The number of nitrogens with zero attached hydrogens (tertiary/aromatic N) is 2. The Hall–Kier alpha value is -2.68. The molecule has 6 nitrogen and oxygen atoms in total. The molecule has 9 heteroatoms. The molecule has 0 saturated heterocycles. The lowest BCUT2D eigenvalue weighted by Gasteiger charge is -2.11. The third-order valence-corrected chi connectivity index (χ3v) is 6.29. The van der Waals surface area contributed by atoms with Gasteiger partial charge in [0.2, 0.25) is 0 Å². The number of nitrogens with two attached hydrogens (primary N) is 1. The van der Waals surface area contributed by atoms with Crippen molar-refractivity contribution < 1.29 is 17.6 Å². The molecule has 0 aliphatic carbocycles. The lowest BCUT2D eigenvalue weighted by Crippen LogP contribution is -2.21. The molecule has 3 aromatic rings. The Morgan fingerprint density at radius 2 is 1.88 bits per heavy atom. The normalized spacial score (nSPS) is 12.0. The number of halogens is 2. The van der Waals surface area contributed by atoms with Gasteiger partial charge in [-0.15, -0.1) is 12.4 Å². The van der Waals surface area contributed by atoms with Gasteiger partial charge < -0.3 is 15.2 Å². The monoisotopic (exact) mass is 479 g/mol. The van der Waals surface area contributed by atoms with Crippen LogP contribution in [-0.4, -0.2) is 50.7 Å². The summed E-state index contributed by atoms with van der Waals surface area (Å²) in [6.45, 7) is 1.94. The molecule has 0 bridgehead atoms. The SMILES string of the molecule is Cc1c(-c2cccc(S(C)(=O)=O)c2)c2cc(C(=O)N(C)C)ccc2n1C/C(F)=C/CN.Cl. The van der Waals surface area contributed by atoms with Gasteiger partial charge in [-0.1, -0.05) is 12.1 Å². The number of benzene rings is 2. The van der Waals surface area contributed by atoms with E-state index in [0.29, 0.717) is 11.1 Å². The van der Waals surface area contributed by atoms with Crippen LogP contribution in [-0.2, 0) is 16.4 Å². The van der Waals surface area contributed by atoms with Crippen molar-refractivity contribution in [3.8, 4) is 11.1 Å². The van der Waals surface area contributed by atoms with Crippen molar-refractivity contribution in [3.63, 3.8) is 0 Å². The zero-order valence-electron chi connectivity index (χ0n) is 18.4. The first kappa shape index (κ1) is 25.6. The van der Waals surface area contributed by atoms with Crippen molar-refractivity contribution in [3.05, 3.63) is 65.6 Å². The van der Waals surface area contributed by atoms with Crippen LogP contribution < -0.4 is 5.73 Å². The number of aromatic nitrogens is 1. The summed E-state index contributed by atoms with van der Waals surface area (Å²) >= 11 is 0. The second kappa shape index (κ2) is 9.85. The standard InChI is InChI=1S/C23H26FN3O3S.ClH/c1-15-22(16-6-5-7-19(12-16)31(4,29)30)20-13-17(23(28)26(2)3)8-9-21(20)27(15)14-18(24)10-11-25;/h5-10,12-13H,11,14,25H2,1-4H3;1H/b18-10-;. The highest BCUT2D eigenvalue weighted by molar-refractivity contribution is 7.90. The van der Waals surface area contributed by atoms with Crippen molar-refractivity contribution in [1.29, 1.82) is 0 Å². The molecular formula is C23H27ClFN3O3S. The summed E-state index contributed by atoms with van der Waals surface area (Å²) in [6, 6.07) is 11.9. The van der Waals surface area contributed by atoms with E-state index in [4.69, 9.17) is 5.73 Å². The minimum Gasteiger partial charge on any atom is -0.345 e. The maximum Gasteiger partial charge on any atom is 0.253 e. The van der Waals surface area contributed by atoms with E-state index in [1.54, 1.807) is 44.4 Å². The van der Waals surface area contributed by atoms with Crippen LogP contribution in [0.15, 0.2) is 59.3 Å². The molecule has 3 rings (SSSR count). The number of carbonyl (C=O) groups is 1. The third kappa shape index (κ3) is 5.03. The van der Waals surface area contributed by atoms with Crippen molar-refractivity contribution in [2.24, 2.45) is 5.73 Å². The largest absolute Gasteiger partial charge is 0.345 e. The lowest BCUT2D eigenvalue weighted by atomic mass is 10.0. The molecule has 32 heavy (non-hydrogen) atoms. The number of hydrogen-bond acceptors (Lipinski definition) is 4. The Kier molecular flexibility index (Phi) is 7.88. The molecule has 172 valence electrons. The van der Waals surface area contributed by atoms with Crippen LogP contribution in [0.5, 0.6) is 0 Å². The Balaban J connectivity index is 0.00000363. The van der Waals surface area contributed by atoms with Crippen LogP contribution in [0.4, 0.5) is 4.39 Å². The first-order valence-electron chi connectivity index (χ1n) is 9.74. The molecule has 1 amide bonds. The van der Waals surface area contributed by atoms with E-state index in [-0.39, 0.29) is 42.1 Å². The van der Waals surface area contributed by atoms with Gasteiger partial charge >= 0.3 is 0 Å². The molecule has 2 aromatic carbocycles. The molecule has 0 radical (unpaired) electrons. The van der Waals surface area contributed by atoms with Gasteiger partial charge in [0, 0.05) is 54.6 Å². The van der Waals surface area contributed by atoms with Crippen molar-refractivity contribution in [1.82, 2.24) is 9.47 Å². The molecule has 0 aliphatic heterocycles. The maximum absolute atomic E-state index is 14.4. The van der Waals surface area contributed by atoms with Gasteiger partial charge in [0.1, 0.15) is 5.83 Å². The summed E-state index contributed by atoms with van der Waals surface area (Å²) in [5.41, 5.74) is 8.88. The molecule has 0 aliphatic rings. The van der Waals surface area contributed by atoms with E-state index in [1.165, 1.54) is 17.0 Å². The molecule has 0 unspecified atom stereocenters. The molecule has 0 saturated carbocycles. The smallest absolute Gasteiger partial charge is 0.253 e. The van der Waals surface area contributed by atoms with Gasteiger partial charge in [-0.25, -0.2) is 12.8 Å². The summed E-state index contributed by atoms with van der Waals surface area (Å²) in [5.74, 6) is -0.523. The summed E-state index contributed by atoms with van der Waals surface area (Å²) in [5, 5.41) is 0.747. The van der Waals surface area contributed by atoms with Gasteiger partial charge in [-0.2, -0.15) is 0 Å². The van der Waals surface area contributed by atoms with Crippen LogP contribution in [0.25, 0.3) is 22.0 Å². The fourth-order valence-electron chi connectivity index (χ4n) is 3.67. The zero-order valence-corrected chi connectivity index (χ0v) is 20.1. The first-order chi connectivity index (χ1) is 14.5. The van der Waals surface area contributed by atoms with Gasteiger partial charge in [0.25, 0.3) is 5.91 Å². The molecule has 0 atom stereocenters. The highest BCUT2D eigenvalue weighted by Crippen LogP contribution is 2.36. The molecule has 0 fully saturated rings. The van der Waals surface area contributed by atoms with Crippen molar-refractivity contribution in [2.75, 3.05) is 26.9 Å². The number of rotatable bonds is 6. The molecule has 1 aromatic heterocycles. The van der Waals surface area contributed by atoms with E-state index in [2.05, 4.69) is 0 Å². The summed E-state index contributed by atoms with van der Waals surface area (Å²) in [7, 11) is -0.0563. The van der Waals surface area contributed by atoms with Gasteiger partial charge in [0.05, 0.1) is 11.4 Å². The number of fused-ring (bicyclic) bond motifs is 1. The first-order valence-corrected chi connectivity index (χ1v) is 11.6. The van der Waals surface area contributed by atoms with E-state index in [1.807, 2.05) is 17.6 Å². The van der Waals surface area contributed by atoms with E-state index >= 15 is 0 Å². The Morgan fingerprint density at radius 1 is 1.19 bits per heavy atom.